The molecular formula is C21H17N3O5. The van der Waals surface area contributed by atoms with Gasteiger partial charge in [-0.1, -0.05) is 18.2 Å². The first-order valence-electron chi connectivity index (χ1n) is 8.55. The summed E-state index contributed by atoms with van der Waals surface area (Å²) in [4.78, 5) is 22.5. The number of nitrogens with one attached hydrogen (secondary N) is 1. The number of hydrazone groups is 1. The molecule has 29 heavy (non-hydrogen) atoms. The number of non-ortho nitro benzene ring substituents is 1. The zero-order chi connectivity index (χ0) is 20.6. The van der Waals surface area contributed by atoms with Crippen LogP contribution in [-0.2, 0) is 0 Å². The molecule has 3 aromatic rings. The number of anilines is 1. The minimum absolute atomic E-state index is 0.105. The van der Waals surface area contributed by atoms with Gasteiger partial charge in [-0.05, 0) is 48.0 Å². The molecule has 0 fully saturated rings. The number of methoxy groups -OCH3 is 1. The summed E-state index contributed by atoms with van der Waals surface area (Å²) >= 11 is 0. The SMILES string of the molecule is COc1cc(/C=N/Nc2ccccc2)ccc1OC(=O)c1ccc([N+](=O)[O-])cc1. The molecule has 1 N–H and O–H groups in total. The average molecular weight is 391 g/mol. The molecule has 0 spiro atoms. The van der Waals surface area contributed by atoms with E-state index in [0.29, 0.717) is 5.75 Å². The quantitative estimate of drug-likeness (QED) is 0.212. The molecule has 0 atom stereocenters. The van der Waals surface area contributed by atoms with Gasteiger partial charge in [0.15, 0.2) is 11.5 Å². The van der Waals surface area contributed by atoms with E-state index in [1.165, 1.54) is 31.4 Å². The van der Waals surface area contributed by atoms with Crippen LogP contribution in [0.2, 0.25) is 0 Å². The molecule has 0 bridgehead atoms. The van der Waals surface area contributed by atoms with Gasteiger partial charge < -0.3 is 9.47 Å². The van der Waals surface area contributed by atoms with Crippen LogP contribution in [0.5, 0.6) is 11.5 Å². The number of para-hydroxylation sites is 1. The van der Waals surface area contributed by atoms with E-state index in [1.807, 2.05) is 30.3 Å². The Hall–Kier alpha value is -4.20. The van der Waals surface area contributed by atoms with Crippen LogP contribution >= 0.6 is 0 Å². The zero-order valence-electron chi connectivity index (χ0n) is 15.4. The van der Waals surface area contributed by atoms with Crippen LogP contribution in [0.1, 0.15) is 15.9 Å². The van der Waals surface area contributed by atoms with Crippen molar-refractivity contribution in [2.45, 2.75) is 0 Å². The van der Waals surface area contributed by atoms with Crippen LogP contribution in [0.3, 0.4) is 0 Å². The molecule has 0 aromatic heterocycles. The van der Waals surface area contributed by atoms with Crippen LogP contribution < -0.4 is 14.9 Å². The van der Waals surface area contributed by atoms with Crippen molar-refractivity contribution in [1.29, 1.82) is 0 Å². The van der Waals surface area contributed by atoms with Gasteiger partial charge >= 0.3 is 5.97 Å². The van der Waals surface area contributed by atoms with Crippen molar-refractivity contribution in [1.82, 2.24) is 0 Å². The van der Waals surface area contributed by atoms with E-state index in [4.69, 9.17) is 9.47 Å². The van der Waals surface area contributed by atoms with Crippen LogP contribution in [-0.4, -0.2) is 24.2 Å². The van der Waals surface area contributed by atoms with Crippen molar-refractivity contribution in [3.05, 3.63) is 94.0 Å². The summed E-state index contributed by atoms with van der Waals surface area (Å²) < 4.78 is 10.6. The molecule has 0 aliphatic carbocycles. The second kappa shape index (κ2) is 9.14. The van der Waals surface area contributed by atoms with E-state index < -0.39 is 10.9 Å². The fourth-order valence-electron chi connectivity index (χ4n) is 2.42. The Morgan fingerprint density at radius 2 is 1.76 bits per heavy atom. The van der Waals surface area contributed by atoms with Crippen molar-refractivity contribution in [2.75, 3.05) is 12.5 Å². The van der Waals surface area contributed by atoms with Crippen LogP contribution in [0, 0.1) is 10.1 Å². The minimum atomic E-state index is -0.648. The number of benzene rings is 3. The van der Waals surface area contributed by atoms with E-state index in [2.05, 4.69) is 10.5 Å². The predicted molar refractivity (Wildman–Crippen MR) is 109 cm³/mol. The average Bonchev–Trinajstić information content (AvgIpc) is 2.75. The molecule has 0 amide bonds. The van der Waals surface area contributed by atoms with Crippen molar-refractivity contribution in [3.8, 4) is 11.5 Å². The number of esters is 1. The predicted octanol–water partition coefficient (Wildman–Crippen LogP) is 4.27. The van der Waals surface area contributed by atoms with E-state index in [9.17, 15) is 14.9 Å². The zero-order valence-corrected chi connectivity index (χ0v) is 15.4. The number of hydrogen-bond acceptors (Lipinski definition) is 7. The first kappa shape index (κ1) is 19.6. The van der Waals surface area contributed by atoms with Gasteiger partial charge in [0, 0.05) is 12.1 Å². The second-order valence-corrected chi connectivity index (χ2v) is 5.84. The lowest BCUT2D eigenvalue weighted by atomic mass is 10.2. The van der Waals surface area contributed by atoms with Gasteiger partial charge in [0.25, 0.3) is 5.69 Å². The number of ether oxygens (including phenoxy) is 2. The molecule has 0 aliphatic rings. The molecule has 0 aliphatic heterocycles. The summed E-state index contributed by atoms with van der Waals surface area (Å²) in [6.45, 7) is 0. The lowest BCUT2D eigenvalue weighted by Gasteiger charge is -2.10. The Bertz CT molecular complexity index is 1030. The third-order valence-corrected chi connectivity index (χ3v) is 3.89. The number of hydrogen-bond donors (Lipinski definition) is 1. The summed E-state index contributed by atoms with van der Waals surface area (Å²) in [6, 6.07) is 19.6. The van der Waals surface area contributed by atoms with Gasteiger partial charge in [0.1, 0.15) is 0 Å². The summed E-state index contributed by atoms with van der Waals surface area (Å²) in [7, 11) is 1.46. The van der Waals surface area contributed by atoms with Crippen molar-refractivity contribution >= 4 is 23.6 Å². The summed E-state index contributed by atoms with van der Waals surface area (Å²) in [5.41, 5.74) is 4.58. The lowest BCUT2D eigenvalue weighted by molar-refractivity contribution is -0.384. The maximum absolute atomic E-state index is 12.3. The van der Waals surface area contributed by atoms with Crippen molar-refractivity contribution in [3.63, 3.8) is 0 Å². The molecule has 146 valence electrons. The van der Waals surface area contributed by atoms with Gasteiger partial charge in [-0.3, -0.25) is 15.5 Å². The van der Waals surface area contributed by atoms with Gasteiger partial charge in [0.2, 0.25) is 0 Å². The first-order chi connectivity index (χ1) is 14.1. The standard InChI is InChI=1S/C21H17N3O5/c1-28-20-13-15(14-22-23-17-5-3-2-4-6-17)7-12-19(20)29-21(25)16-8-10-18(11-9-16)24(26)27/h2-14,23H,1H3/b22-14+. The highest BCUT2D eigenvalue weighted by molar-refractivity contribution is 5.92. The number of nitro benzene ring substituents is 1. The number of nitrogens with zero attached hydrogens (tertiary/aromatic N) is 2. The maximum Gasteiger partial charge on any atom is 0.343 e. The molecule has 0 radical (unpaired) electrons. The highest BCUT2D eigenvalue weighted by Gasteiger charge is 2.14. The number of carbonyl (C=O) groups is 1. The highest BCUT2D eigenvalue weighted by Crippen LogP contribution is 2.28. The summed E-state index contributed by atoms with van der Waals surface area (Å²) in [5.74, 6) is -0.0710. The van der Waals surface area contributed by atoms with Crippen molar-refractivity contribution < 1.29 is 19.2 Å². The summed E-state index contributed by atoms with van der Waals surface area (Å²) in [5, 5.41) is 14.9. The smallest absolute Gasteiger partial charge is 0.343 e. The van der Waals surface area contributed by atoms with Gasteiger partial charge in [-0.25, -0.2) is 4.79 Å². The molecule has 0 unspecified atom stereocenters. The molecular weight excluding hydrogens is 374 g/mol. The summed E-state index contributed by atoms with van der Waals surface area (Å²) in [6.07, 6.45) is 1.61. The van der Waals surface area contributed by atoms with Crippen LogP contribution in [0.4, 0.5) is 11.4 Å². The molecule has 0 saturated heterocycles. The molecule has 3 aromatic carbocycles. The minimum Gasteiger partial charge on any atom is -0.493 e. The molecule has 0 saturated carbocycles. The van der Waals surface area contributed by atoms with Gasteiger partial charge in [-0.2, -0.15) is 5.10 Å². The third-order valence-electron chi connectivity index (χ3n) is 3.89. The number of rotatable bonds is 7. The van der Waals surface area contributed by atoms with E-state index in [-0.39, 0.29) is 17.0 Å². The van der Waals surface area contributed by atoms with E-state index in [0.717, 1.165) is 11.3 Å². The number of carbonyl (C=O) groups excluding carboxylic acids is 1. The Kier molecular flexibility index (Phi) is 6.16. The Morgan fingerprint density at radius 3 is 2.41 bits per heavy atom. The monoisotopic (exact) mass is 391 g/mol. The molecule has 3 rings (SSSR count). The molecule has 0 heterocycles. The largest absolute Gasteiger partial charge is 0.493 e. The Morgan fingerprint density at radius 1 is 1.03 bits per heavy atom. The van der Waals surface area contributed by atoms with Crippen LogP contribution in [0.25, 0.3) is 0 Å². The second-order valence-electron chi connectivity index (χ2n) is 5.84. The van der Waals surface area contributed by atoms with Crippen LogP contribution in [0.15, 0.2) is 77.9 Å². The maximum atomic E-state index is 12.3. The fraction of sp³-hybridized carbons (Fsp3) is 0.0476. The highest BCUT2D eigenvalue weighted by atomic mass is 16.6. The normalized spacial score (nSPS) is 10.5. The van der Waals surface area contributed by atoms with Gasteiger partial charge in [0.05, 0.1) is 29.5 Å². The van der Waals surface area contributed by atoms with E-state index in [1.54, 1.807) is 24.4 Å². The third kappa shape index (κ3) is 5.16. The van der Waals surface area contributed by atoms with Gasteiger partial charge in [-0.15, -0.1) is 0 Å². The number of nitro groups is 1. The lowest BCUT2D eigenvalue weighted by Crippen LogP contribution is -2.09. The Balaban J connectivity index is 1.69. The molecule has 8 nitrogen and oxygen atoms in total. The fourth-order valence-corrected chi connectivity index (χ4v) is 2.42. The Labute approximate surface area is 166 Å². The first-order valence-corrected chi connectivity index (χ1v) is 8.55. The van der Waals surface area contributed by atoms with E-state index >= 15 is 0 Å². The topological polar surface area (TPSA) is 103 Å². The molecule has 8 heteroatoms. The van der Waals surface area contributed by atoms with Crippen molar-refractivity contribution in [2.24, 2.45) is 5.10 Å².